The van der Waals surface area contributed by atoms with E-state index in [1.165, 1.54) is 18.3 Å². The number of hydrogen-bond acceptors (Lipinski definition) is 11. The van der Waals surface area contributed by atoms with Gasteiger partial charge in [-0.1, -0.05) is 42.5 Å². The van der Waals surface area contributed by atoms with Crippen molar-refractivity contribution in [3.63, 3.8) is 0 Å². The monoisotopic (exact) mass is 857 g/mol. The molecule has 8 rings (SSSR count). The van der Waals surface area contributed by atoms with Gasteiger partial charge in [0.1, 0.15) is 11.6 Å². The number of aromatic nitrogens is 9. The second-order valence-corrected chi connectivity index (χ2v) is 13.2. The van der Waals surface area contributed by atoms with Crippen molar-refractivity contribution in [1.82, 2.24) is 45.3 Å². The molecule has 13 nitrogen and oxygen atoms in total. The maximum atomic E-state index is 13.2. The molecule has 5 heterocycles. The number of nitrogens with zero attached hydrogens (tertiary/aromatic N) is 7. The molecule has 0 radical (unpaired) electrons. The van der Waals surface area contributed by atoms with Gasteiger partial charge >= 0.3 is 6.18 Å². The fourth-order valence-corrected chi connectivity index (χ4v) is 5.96. The topological polar surface area (TPSA) is 170 Å². The lowest BCUT2D eigenvalue weighted by atomic mass is 10.1. The predicted octanol–water partition coefficient (Wildman–Crippen LogP) is 9.36. The molecule has 0 aliphatic carbocycles. The van der Waals surface area contributed by atoms with E-state index in [-0.39, 0.29) is 12.1 Å². The second kappa shape index (κ2) is 16.3. The van der Waals surface area contributed by atoms with Crippen molar-refractivity contribution in [3.8, 4) is 0 Å². The van der Waals surface area contributed by atoms with Crippen LogP contribution in [0, 0.1) is 0 Å². The first-order chi connectivity index (χ1) is 26.2. The number of H-pyrrole nitrogens is 2. The average molecular weight is 860 g/mol. The number of aromatic amines is 2. The summed E-state index contributed by atoms with van der Waals surface area (Å²) < 4.78 is 40.9. The first-order valence-electron chi connectivity index (χ1n) is 16.2. The molecule has 0 spiro atoms. The molecule has 54 heavy (non-hydrogen) atoms. The van der Waals surface area contributed by atoms with Gasteiger partial charge in [0.15, 0.2) is 0 Å². The lowest BCUT2D eigenvalue weighted by Crippen LogP contribution is -2.12. The highest BCUT2D eigenvalue weighted by atomic mass is 79.9. The number of rotatable bonds is 10. The molecule has 8 aromatic rings. The van der Waals surface area contributed by atoms with Crippen LogP contribution < -0.4 is 21.3 Å². The Labute approximate surface area is 322 Å². The normalized spacial score (nSPS) is 11.2. The van der Waals surface area contributed by atoms with E-state index in [2.05, 4.69) is 98.4 Å². The number of alkyl halides is 3. The molecule has 0 fully saturated rings. The van der Waals surface area contributed by atoms with Crippen molar-refractivity contribution in [2.24, 2.45) is 0 Å². The molecule has 0 unspecified atom stereocenters. The van der Waals surface area contributed by atoms with Crippen molar-refractivity contribution in [2.45, 2.75) is 19.3 Å². The minimum Gasteiger partial charge on any atom is -0.365 e. The van der Waals surface area contributed by atoms with E-state index in [0.29, 0.717) is 34.5 Å². The van der Waals surface area contributed by atoms with Gasteiger partial charge in [0, 0.05) is 35.9 Å². The molecule has 0 bridgehead atoms. The maximum Gasteiger partial charge on any atom is 0.416 e. The number of nitrogens with one attached hydrogen (secondary N) is 6. The molecule has 0 amide bonds. The molecule has 0 aliphatic rings. The lowest BCUT2D eigenvalue weighted by molar-refractivity contribution is -0.138. The Morgan fingerprint density at radius 2 is 1.30 bits per heavy atom. The zero-order valence-electron chi connectivity index (χ0n) is 27.8. The predicted molar refractivity (Wildman–Crippen MR) is 209 cm³/mol. The molecule has 5 aromatic heterocycles. The Morgan fingerprint density at radius 3 is 2.04 bits per heavy atom. The fourth-order valence-electron chi connectivity index (χ4n) is 5.30. The van der Waals surface area contributed by atoms with Crippen LogP contribution >= 0.6 is 31.9 Å². The van der Waals surface area contributed by atoms with Crippen LogP contribution in [-0.4, -0.2) is 45.3 Å². The summed E-state index contributed by atoms with van der Waals surface area (Å²) in [4.78, 5) is 21.7. The first-order valence-corrected chi connectivity index (χ1v) is 17.8. The third-order valence-corrected chi connectivity index (χ3v) is 9.04. The molecule has 272 valence electrons. The second-order valence-electron chi connectivity index (χ2n) is 11.5. The SMILES string of the molecule is Brc1cnc(Nc2cccc3cn[nH]c23)nc1NCc1ccccn1.FC(F)(F)c1ccccc1CNc1nc(Nc2cccc3[nH]ncc23)ncc1Br. The van der Waals surface area contributed by atoms with Gasteiger partial charge in [-0.3, -0.25) is 15.2 Å². The molecule has 0 saturated heterocycles. The van der Waals surface area contributed by atoms with Gasteiger partial charge in [-0.15, -0.1) is 0 Å². The summed E-state index contributed by atoms with van der Waals surface area (Å²) in [6.45, 7) is 0.536. The molecule has 6 N–H and O–H groups in total. The Bertz CT molecular complexity index is 2510. The van der Waals surface area contributed by atoms with Crippen molar-refractivity contribution in [2.75, 3.05) is 21.3 Å². The van der Waals surface area contributed by atoms with Crippen LogP contribution in [0.5, 0.6) is 0 Å². The van der Waals surface area contributed by atoms with Gasteiger partial charge in [-0.05, 0) is 73.8 Å². The summed E-state index contributed by atoms with van der Waals surface area (Å²) in [5.74, 6) is 1.86. The zero-order chi connectivity index (χ0) is 37.5. The van der Waals surface area contributed by atoms with Gasteiger partial charge in [0.05, 0.1) is 61.5 Å². The Hall–Kier alpha value is -6.14. The van der Waals surface area contributed by atoms with Crippen LogP contribution in [0.15, 0.2) is 119 Å². The van der Waals surface area contributed by atoms with Crippen molar-refractivity contribution >= 4 is 88.6 Å². The maximum absolute atomic E-state index is 13.2. The minimum atomic E-state index is -4.42. The lowest BCUT2D eigenvalue weighted by Gasteiger charge is -2.14. The summed E-state index contributed by atoms with van der Waals surface area (Å²) in [6.07, 6.45) is 4.06. The average Bonchev–Trinajstić information content (AvgIpc) is 3.87. The molecular formula is C36H28Br2F3N13. The highest BCUT2D eigenvalue weighted by Crippen LogP contribution is 2.33. The number of pyridine rings is 1. The number of benzene rings is 3. The third-order valence-electron chi connectivity index (χ3n) is 7.87. The smallest absolute Gasteiger partial charge is 0.365 e. The standard InChI is InChI=1S/C19H14BrF3N6.C17H14BrN7/c20-14-10-25-18(27-15-6-3-7-16-12(15)9-26-29-16)28-17(14)24-8-11-4-1-2-5-13(11)19(21,22)23;18-13-10-21-17(23-14-6-3-4-11-8-22-25-15(11)14)24-16(13)20-9-12-5-1-2-7-19-12/h1-7,9-10H,8H2,(H,26,29)(H2,24,25,27,28);1-8,10H,9H2,(H,22,25)(H2,20,21,23,24). The third kappa shape index (κ3) is 8.72. The molecule has 0 saturated carbocycles. The van der Waals surface area contributed by atoms with E-state index < -0.39 is 11.7 Å². The van der Waals surface area contributed by atoms with E-state index in [9.17, 15) is 13.2 Å². The molecule has 0 atom stereocenters. The Kier molecular flexibility index (Phi) is 10.9. The first kappa shape index (κ1) is 36.2. The van der Waals surface area contributed by atoms with Gasteiger partial charge < -0.3 is 21.3 Å². The van der Waals surface area contributed by atoms with Crippen LogP contribution in [-0.2, 0) is 19.3 Å². The highest BCUT2D eigenvalue weighted by molar-refractivity contribution is 9.11. The van der Waals surface area contributed by atoms with Crippen molar-refractivity contribution < 1.29 is 13.2 Å². The van der Waals surface area contributed by atoms with Gasteiger partial charge in [0.25, 0.3) is 0 Å². The highest BCUT2D eigenvalue weighted by Gasteiger charge is 2.32. The van der Waals surface area contributed by atoms with E-state index in [0.717, 1.165) is 49.4 Å². The zero-order valence-corrected chi connectivity index (χ0v) is 31.0. The summed E-state index contributed by atoms with van der Waals surface area (Å²) in [5.41, 5.74) is 3.78. The van der Waals surface area contributed by atoms with Crippen molar-refractivity contribution in [3.05, 3.63) is 136 Å². The van der Waals surface area contributed by atoms with Gasteiger partial charge in [-0.25, -0.2) is 9.97 Å². The number of halogens is 5. The number of hydrogen-bond donors (Lipinski definition) is 6. The number of anilines is 6. The Balaban J connectivity index is 0.000000168. The molecule has 3 aromatic carbocycles. The minimum absolute atomic E-state index is 0.0396. The fraction of sp³-hybridized carbons (Fsp3) is 0.0833. The summed E-state index contributed by atoms with van der Waals surface area (Å²) in [7, 11) is 0. The number of para-hydroxylation sites is 1. The van der Waals surface area contributed by atoms with E-state index in [1.54, 1.807) is 30.9 Å². The number of fused-ring (bicyclic) bond motifs is 2. The quantitative estimate of drug-likeness (QED) is 0.0775. The molecule has 18 heteroatoms. The van der Waals surface area contributed by atoms with E-state index in [4.69, 9.17) is 0 Å². The van der Waals surface area contributed by atoms with Crippen LogP contribution in [0.1, 0.15) is 16.8 Å². The molecule has 0 aliphatic heterocycles. The summed E-state index contributed by atoms with van der Waals surface area (Å²) in [6, 6.07) is 22.7. The van der Waals surface area contributed by atoms with Crippen LogP contribution in [0.25, 0.3) is 21.8 Å². The van der Waals surface area contributed by atoms with E-state index in [1.807, 2.05) is 54.6 Å². The summed E-state index contributed by atoms with van der Waals surface area (Å²) >= 11 is 6.80. The Morgan fingerprint density at radius 1 is 0.630 bits per heavy atom. The largest absolute Gasteiger partial charge is 0.416 e. The van der Waals surface area contributed by atoms with E-state index >= 15 is 0 Å². The van der Waals surface area contributed by atoms with Gasteiger partial charge in [0.2, 0.25) is 11.9 Å². The van der Waals surface area contributed by atoms with Crippen LogP contribution in [0.3, 0.4) is 0 Å². The van der Waals surface area contributed by atoms with Crippen LogP contribution in [0.4, 0.5) is 48.1 Å². The van der Waals surface area contributed by atoms with Crippen LogP contribution in [0.2, 0.25) is 0 Å². The van der Waals surface area contributed by atoms with Gasteiger partial charge in [-0.2, -0.15) is 33.3 Å². The summed E-state index contributed by atoms with van der Waals surface area (Å²) in [5, 5.41) is 28.4. The van der Waals surface area contributed by atoms with Crippen molar-refractivity contribution in [1.29, 1.82) is 0 Å². The molecular weight excluding hydrogens is 831 g/mol.